The molecule has 0 aromatic heterocycles. The number of sulfonamides is 1. The Bertz CT molecular complexity index is 1040. The third-order valence-corrected chi connectivity index (χ3v) is 7.66. The number of carbonyl (C=O) groups excluding carboxylic acids is 2. The molecule has 0 spiro atoms. The maximum atomic E-state index is 13.5. The zero-order chi connectivity index (χ0) is 22.6. The lowest BCUT2D eigenvalue weighted by Gasteiger charge is -2.31. The van der Waals surface area contributed by atoms with E-state index in [1.54, 1.807) is 24.3 Å². The average Bonchev–Trinajstić information content (AvgIpc) is 3.22. The van der Waals surface area contributed by atoms with Gasteiger partial charge in [0.15, 0.2) is 0 Å². The van der Waals surface area contributed by atoms with Gasteiger partial charge < -0.3 is 11.1 Å². The van der Waals surface area contributed by atoms with Gasteiger partial charge in [-0.05, 0) is 61.7 Å². The van der Waals surface area contributed by atoms with Crippen LogP contribution in [0.2, 0.25) is 5.02 Å². The van der Waals surface area contributed by atoms with E-state index in [1.165, 1.54) is 28.6 Å². The van der Waals surface area contributed by atoms with E-state index in [9.17, 15) is 18.0 Å². The van der Waals surface area contributed by atoms with Gasteiger partial charge in [0.1, 0.15) is 0 Å². The van der Waals surface area contributed by atoms with Crippen LogP contribution in [-0.2, 0) is 21.4 Å². The summed E-state index contributed by atoms with van der Waals surface area (Å²) in [6, 6.07) is 12.2. The van der Waals surface area contributed by atoms with Crippen molar-refractivity contribution in [2.45, 2.75) is 43.7 Å². The predicted molar refractivity (Wildman–Crippen MR) is 119 cm³/mol. The first-order valence-corrected chi connectivity index (χ1v) is 12.0. The fourth-order valence-electron chi connectivity index (χ4n) is 3.94. The number of rotatable bonds is 8. The van der Waals surface area contributed by atoms with Gasteiger partial charge in [-0.25, -0.2) is 8.42 Å². The van der Waals surface area contributed by atoms with Crippen molar-refractivity contribution >= 4 is 33.4 Å². The Hall–Kier alpha value is -2.42. The zero-order valence-corrected chi connectivity index (χ0v) is 18.8. The van der Waals surface area contributed by atoms with E-state index in [0.717, 1.165) is 6.42 Å². The van der Waals surface area contributed by atoms with Crippen LogP contribution in [-0.4, -0.2) is 37.1 Å². The number of carbonyl (C=O) groups is 2. The van der Waals surface area contributed by atoms with Crippen molar-refractivity contribution in [1.29, 1.82) is 0 Å². The van der Waals surface area contributed by atoms with Gasteiger partial charge in [-0.1, -0.05) is 30.2 Å². The van der Waals surface area contributed by atoms with Crippen molar-refractivity contribution in [3.8, 4) is 0 Å². The second-order valence-corrected chi connectivity index (χ2v) is 9.89. The van der Waals surface area contributed by atoms with Crippen molar-refractivity contribution in [3.05, 3.63) is 64.7 Å². The third kappa shape index (κ3) is 5.26. The van der Waals surface area contributed by atoms with Gasteiger partial charge in [0, 0.05) is 29.7 Å². The highest BCUT2D eigenvalue weighted by molar-refractivity contribution is 7.89. The molecular formula is C22H26ClN3O4S. The first kappa shape index (κ1) is 23.2. The molecule has 0 bridgehead atoms. The summed E-state index contributed by atoms with van der Waals surface area (Å²) in [4.78, 5) is 24.1. The van der Waals surface area contributed by atoms with Crippen LogP contribution in [0, 0.1) is 5.92 Å². The van der Waals surface area contributed by atoms with E-state index in [0.29, 0.717) is 35.5 Å². The summed E-state index contributed by atoms with van der Waals surface area (Å²) < 4.78 is 28.4. The Morgan fingerprint density at radius 1 is 1.10 bits per heavy atom. The number of hydrogen-bond acceptors (Lipinski definition) is 4. The molecule has 1 aliphatic rings. The van der Waals surface area contributed by atoms with Crippen LogP contribution >= 0.6 is 11.6 Å². The number of amides is 2. The summed E-state index contributed by atoms with van der Waals surface area (Å²) in [7, 11) is -3.91. The molecule has 2 aromatic rings. The summed E-state index contributed by atoms with van der Waals surface area (Å²) in [6.45, 7) is 2.42. The van der Waals surface area contributed by atoms with Crippen molar-refractivity contribution in [2.24, 2.45) is 11.7 Å². The Morgan fingerprint density at radius 3 is 2.32 bits per heavy atom. The SMILES string of the molecule is CCNC(=O)c1ccc(CN(C2CCC[C@H]2C(N)=O)S(=O)(=O)c2ccc(Cl)cc2)cc1. The topological polar surface area (TPSA) is 110 Å². The van der Waals surface area contributed by atoms with Crippen LogP contribution < -0.4 is 11.1 Å². The van der Waals surface area contributed by atoms with Gasteiger partial charge in [-0.3, -0.25) is 9.59 Å². The smallest absolute Gasteiger partial charge is 0.251 e. The van der Waals surface area contributed by atoms with Gasteiger partial charge in [0.25, 0.3) is 5.91 Å². The standard InChI is InChI=1S/C22H26ClN3O4S/c1-2-25-22(28)16-8-6-15(7-9-16)14-26(20-5-3-4-19(20)21(24)27)31(29,30)18-12-10-17(23)11-13-18/h6-13,19-20H,2-5,14H2,1H3,(H2,24,27)(H,25,28)/t19-,20?/m1/s1. The lowest BCUT2D eigenvalue weighted by atomic mass is 10.0. The summed E-state index contributed by atoms with van der Waals surface area (Å²) in [5, 5.41) is 3.16. The monoisotopic (exact) mass is 463 g/mol. The summed E-state index contributed by atoms with van der Waals surface area (Å²) in [5.41, 5.74) is 6.78. The largest absolute Gasteiger partial charge is 0.369 e. The van der Waals surface area contributed by atoms with Gasteiger partial charge in [0.05, 0.1) is 10.8 Å². The minimum atomic E-state index is -3.91. The summed E-state index contributed by atoms with van der Waals surface area (Å²) >= 11 is 5.92. The Labute approximate surface area is 187 Å². The minimum Gasteiger partial charge on any atom is -0.369 e. The fourth-order valence-corrected chi connectivity index (χ4v) is 5.75. The van der Waals surface area contributed by atoms with Crippen LogP contribution in [0.4, 0.5) is 0 Å². The van der Waals surface area contributed by atoms with E-state index in [2.05, 4.69) is 5.32 Å². The molecule has 3 N–H and O–H groups in total. The molecule has 166 valence electrons. The van der Waals surface area contributed by atoms with E-state index < -0.39 is 27.9 Å². The van der Waals surface area contributed by atoms with Gasteiger partial charge in [0.2, 0.25) is 15.9 Å². The molecule has 2 aromatic carbocycles. The van der Waals surface area contributed by atoms with Crippen molar-refractivity contribution in [2.75, 3.05) is 6.54 Å². The van der Waals surface area contributed by atoms with Crippen molar-refractivity contribution in [3.63, 3.8) is 0 Å². The molecular weight excluding hydrogens is 438 g/mol. The van der Waals surface area contributed by atoms with Crippen LogP contribution in [0.25, 0.3) is 0 Å². The number of halogens is 1. The lowest BCUT2D eigenvalue weighted by molar-refractivity contribution is -0.122. The Morgan fingerprint density at radius 2 is 1.74 bits per heavy atom. The van der Waals surface area contributed by atoms with E-state index in [4.69, 9.17) is 17.3 Å². The minimum absolute atomic E-state index is 0.0646. The van der Waals surface area contributed by atoms with Crippen LogP contribution in [0.1, 0.15) is 42.1 Å². The molecule has 1 unspecified atom stereocenters. The fraction of sp³-hybridized carbons (Fsp3) is 0.364. The van der Waals surface area contributed by atoms with Crippen molar-refractivity contribution < 1.29 is 18.0 Å². The molecule has 1 aliphatic carbocycles. The van der Waals surface area contributed by atoms with Gasteiger partial charge in [-0.15, -0.1) is 0 Å². The first-order chi connectivity index (χ1) is 14.7. The number of nitrogens with one attached hydrogen (secondary N) is 1. The quantitative estimate of drug-likeness (QED) is 0.627. The average molecular weight is 464 g/mol. The van der Waals surface area contributed by atoms with E-state index >= 15 is 0 Å². The molecule has 2 amide bonds. The number of hydrogen-bond donors (Lipinski definition) is 2. The van der Waals surface area contributed by atoms with Crippen LogP contribution in [0.15, 0.2) is 53.4 Å². The molecule has 1 fully saturated rings. The molecule has 0 heterocycles. The maximum Gasteiger partial charge on any atom is 0.251 e. The molecule has 31 heavy (non-hydrogen) atoms. The molecule has 1 saturated carbocycles. The number of benzene rings is 2. The molecule has 2 atom stereocenters. The van der Waals surface area contributed by atoms with Crippen LogP contribution in [0.5, 0.6) is 0 Å². The second kappa shape index (κ2) is 9.80. The maximum absolute atomic E-state index is 13.5. The predicted octanol–water partition coefficient (Wildman–Crippen LogP) is 2.93. The zero-order valence-electron chi connectivity index (χ0n) is 17.3. The normalized spacial score (nSPS) is 18.8. The first-order valence-electron chi connectivity index (χ1n) is 10.2. The summed E-state index contributed by atoms with van der Waals surface area (Å²) in [6.07, 6.45) is 1.83. The molecule has 9 heteroatoms. The van der Waals surface area contributed by atoms with Gasteiger partial charge in [-0.2, -0.15) is 4.31 Å². The Kier molecular flexibility index (Phi) is 7.35. The van der Waals surface area contributed by atoms with E-state index in [1.807, 2.05) is 6.92 Å². The highest BCUT2D eigenvalue weighted by atomic mass is 35.5. The van der Waals surface area contributed by atoms with Crippen molar-refractivity contribution in [1.82, 2.24) is 9.62 Å². The highest BCUT2D eigenvalue weighted by Crippen LogP contribution is 2.34. The number of nitrogens with two attached hydrogens (primary N) is 1. The summed E-state index contributed by atoms with van der Waals surface area (Å²) in [5.74, 6) is -1.23. The highest BCUT2D eigenvalue weighted by Gasteiger charge is 2.41. The van der Waals surface area contributed by atoms with Gasteiger partial charge >= 0.3 is 0 Å². The lowest BCUT2D eigenvalue weighted by Crippen LogP contribution is -2.45. The number of nitrogens with zero attached hydrogens (tertiary/aromatic N) is 1. The molecule has 7 nitrogen and oxygen atoms in total. The molecule has 0 saturated heterocycles. The van der Waals surface area contributed by atoms with E-state index in [-0.39, 0.29) is 17.3 Å². The van der Waals surface area contributed by atoms with Crippen LogP contribution in [0.3, 0.4) is 0 Å². The Balaban J connectivity index is 1.95. The molecule has 0 aliphatic heterocycles. The second-order valence-electron chi connectivity index (χ2n) is 7.57. The molecule has 0 radical (unpaired) electrons. The number of primary amides is 1. The third-order valence-electron chi connectivity index (χ3n) is 5.53. The molecule has 3 rings (SSSR count).